The Bertz CT molecular complexity index is 1570. The summed E-state index contributed by atoms with van der Waals surface area (Å²) in [5.74, 6) is -1.17. The zero-order valence-corrected chi connectivity index (χ0v) is 21.1. The van der Waals surface area contributed by atoms with Crippen molar-refractivity contribution < 1.29 is 18.3 Å². The molecule has 0 amide bonds. The van der Waals surface area contributed by atoms with Crippen molar-refractivity contribution in [2.24, 2.45) is 4.99 Å². The van der Waals surface area contributed by atoms with Gasteiger partial charge >= 0.3 is 5.97 Å². The number of nitrogens with zero attached hydrogens (tertiary/aromatic N) is 1. The third kappa shape index (κ3) is 5.24. The molecular weight excluding hydrogens is 486 g/mol. The number of sulfone groups is 1. The van der Waals surface area contributed by atoms with Crippen molar-refractivity contribution in [3.63, 3.8) is 0 Å². The van der Waals surface area contributed by atoms with E-state index in [0.717, 1.165) is 5.56 Å². The zero-order chi connectivity index (χ0) is 26.6. The Morgan fingerprint density at radius 1 is 0.838 bits per heavy atom. The first-order valence-electron chi connectivity index (χ1n) is 11.6. The third-order valence-corrected chi connectivity index (χ3v) is 8.06. The maximum atomic E-state index is 13.6. The van der Waals surface area contributed by atoms with Gasteiger partial charge < -0.3 is 16.6 Å². The highest BCUT2D eigenvalue weighted by Gasteiger charge is 2.30. The SMILES string of the molecule is Cc1c(N)c(S(=O)(=O)c2ccccc2)c(N)c(-c2ccccc2)c1CC(=NCc1ccccc1)C(=O)O. The minimum atomic E-state index is -4.06. The van der Waals surface area contributed by atoms with E-state index in [1.165, 1.54) is 12.1 Å². The van der Waals surface area contributed by atoms with E-state index < -0.39 is 15.8 Å². The van der Waals surface area contributed by atoms with E-state index in [1.54, 1.807) is 49.4 Å². The maximum absolute atomic E-state index is 13.6. The van der Waals surface area contributed by atoms with Crippen LogP contribution in [-0.4, -0.2) is 25.2 Å². The number of nitrogens with two attached hydrogens (primary N) is 2. The summed E-state index contributed by atoms with van der Waals surface area (Å²) in [6.07, 6.45) is -0.0850. The Hall–Kier alpha value is -4.43. The predicted octanol–water partition coefficient (Wildman–Crippen LogP) is 4.93. The number of hydrogen-bond donors (Lipinski definition) is 3. The molecule has 0 saturated carbocycles. The number of aliphatic imine (C=N–C) groups is 1. The summed E-state index contributed by atoms with van der Waals surface area (Å²) in [6.45, 7) is 1.87. The highest BCUT2D eigenvalue weighted by Crippen LogP contribution is 2.43. The molecule has 0 heterocycles. The summed E-state index contributed by atoms with van der Waals surface area (Å²) < 4.78 is 27.3. The fourth-order valence-corrected chi connectivity index (χ4v) is 5.83. The van der Waals surface area contributed by atoms with Gasteiger partial charge in [0.2, 0.25) is 9.84 Å². The van der Waals surface area contributed by atoms with E-state index in [2.05, 4.69) is 4.99 Å². The van der Waals surface area contributed by atoms with Crippen molar-refractivity contribution in [2.75, 3.05) is 11.5 Å². The Balaban J connectivity index is 1.93. The topological polar surface area (TPSA) is 136 Å². The molecule has 0 bridgehead atoms. The molecule has 0 aliphatic rings. The van der Waals surface area contributed by atoms with Crippen LogP contribution >= 0.6 is 0 Å². The zero-order valence-electron chi connectivity index (χ0n) is 20.3. The largest absolute Gasteiger partial charge is 0.477 e. The monoisotopic (exact) mass is 513 g/mol. The van der Waals surface area contributed by atoms with E-state index in [1.807, 2.05) is 36.4 Å². The molecular formula is C29H27N3O4S. The molecule has 0 radical (unpaired) electrons. The van der Waals surface area contributed by atoms with Crippen molar-refractivity contribution in [1.82, 2.24) is 0 Å². The minimum absolute atomic E-state index is 0.0103. The van der Waals surface area contributed by atoms with Gasteiger partial charge in [0.15, 0.2) is 0 Å². The Kier molecular flexibility index (Phi) is 7.40. The average molecular weight is 514 g/mol. The average Bonchev–Trinajstić information content (AvgIpc) is 2.90. The number of nitrogen functional groups attached to an aromatic ring is 2. The summed E-state index contributed by atoms with van der Waals surface area (Å²) >= 11 is 0. The molecule has 8 heteroatoms. The molecule has 4 aromatic carbocycles. The van der Waals surface area contributed by atoms with Gasteiger partial charge in [0.05, 0.1) is 22.8 Å². The summed E-state index contributed by atoms with van der Waals surface area (Å²) in [5.41, 5.74) is 15.8. The second-order valence-electron chi connectivity index (χ2n) is 8.55. The van der Waals surface area contributed by atoms with Crippen molar-refractivity contribution >= 4 is 32.9 Å². The molecule has 4 rings (SSSR count). The molecule has 0 unspecified atom stereocenters. The van der Waals surface area contributed by atoms with E-state index in [-0.39, 0.29) is 39.8 Å². The first-order valence-corrected chi connectivity index (χ1v) is 13.1. The number of anilines is 2. The van der Waals surface area contributed by atoms with Gasteiger partial charge in [-0.25, -0.2) is 13.2 Å². The lowest BCUT2D eigenvalue weighted by atomic mass is 9.89. The fourth-order valence-electron chi connectivity index (χ4n) is 4.24. The smallest absolute Gasteiger partial charge is 0.350 e. The van der Waals surface area contributed by atoms with E-state index in [4.69, 9.17) is 11.5 Å². The second-order valence-corrected chi connectivity index (χ2v) is 10.4. The molecule has 4 aromatic rings. The highest BCUT2D eigenvalue weighted by atomic mass is 32.2. The first kappa shape index (κ1) is 25.7. The Labute approximate surface area is 216 Å². The number of carboxylic acid groups (broad SMARTS) is 1. The van der Waals surface area contributed by atoms with Crippen LogP contribution in [0.5, 0.6) is 0 Å². The van der Waals surface area contributed by atoms with Crippen molar-refractivity contribution in [2.45, 2.75) is 29.7 Å². The molecule has 5 N–H and O–H groups in total. The first-order chi connectivity index (χ1) is 17.7. The van der Waals surface area contributed by atoms with Gasteiger partial charge in [0.25, 0.3) is 0 Å². The third-order valence-electron chi connectivity index (χ3n) is 6.19. The van der Waals surface area contributed by atoms with Crippen LogP contribution in [0.2, 0.25) is 0 Å². The molecule has 0 spiro atoms. The number of aliphatic carboxylic acids is 1. The molecule has 0 fully saturated rings. The lowest BCUT2D eigenvalue weighted by molar-refractivity contribution is -0.129. The quantitative estimate of drug-likeness (QED) is 0.226. The summed E-state index contributed by atoms with van der Waals surface area (Å²) in [4.78, 5) is 16.4. The second kappa shape index (κ2) is 10.7. The van der Waals surface area contributed by atoms with Gasteiger partial charge in [-0.1, -0.05) is 78.9 Å². The Morgan fingerprint density at radius 3 is 1.95 bits per heavy atom. The molecule has 0 aliphatic carbocycles. The molecule has 0 atom stereocenters. The predicted molar refractivity (Wildman–Crippen MR) is 146 cm³/mol. The van der Waals surface area contributed by atoms with Gasteiger partial charge in [-0.05, 0) is 41.3 Å². The van der Waals surface area contributed by atoms with E-state index in [0.29, 0.717) is 22.3 Å². The minimum Gasteiger partial charge on any atom is -0.477 e. The molecule has 0 saturated heterocycles. The van der Waals surface area contributed by atoms with Gasteiger partial charge in [-0.15, -0.1) is 0 Å². The lowest BCUT2D eigenvalue weighted by Crippen LogP contribution is -2.20. The normalized spacial score (nSPS) is 11.9. The van der Waals surface area contributed by atoms with Gasteiger partial charge in [-0.2, -0.15) is 0 Å². The molecule has 188 valence electrons. The van der Waals surface area contributed by atoms with Crippen LogP contribution in [0.15, 0.2) is 106 Å². The van der Waals surface area contributed by atoms with Crippen LogP contribution in [-0.2, 0) is 27.6 Å². The van der Waals surface area contributed by atoms with Crippen LogP contribution in [0, 0.1) is 6.92 Å². The maximum Gasteiger partial charge on any atom is 0.350 e. The fraction of sp³-hybridized carbons (Fsp3) is 0.103. The molecule has 7 nitrogen and oxygen atoms in total. The van der Waals surface area contributed by atoms with Crippen molar-refractivity contribution in [3.05, 3.63) is 108 Å². The van der Waals surface area contributed by atoms with Crippen molar-refractivity contribution in [3.8, 4) is 11.1 Å². The highest BCUT2D eigenvalue weighted by molar-refractivity contribution is 7.91. The van der Waals surface area contributed by atoms with Crippen LogP contribution in [0.25, 0.3) is 11.1 Å². The van der Waals surface area contributed by atoms with Crippen LogP contribution < -0.4 is 11.5 Å². The van der Waals surface area contributed by atoms with Crippen LogP contribution in [0.3, 0.4) is 0 Å². The van der Waals surface area contributed by atoms with Crippen LogP contribution in [0.4, 0.5) is 11.4 Å². The number of carboxylic acids is 1. The van der Waals surface area contributed by atoms with Gasteiger partial charge in [0, 0.05) is 12.0 Å². The summed E-state index contributed by atoms with van der Waals surface area (Å²) in [6, 6.07) is 26.3. The van der Waals surface area contributed by atoms with Gasteiger partial charge in [0.1, 0.15) is 10.6 Å². The standard InChI is InChI=1S/C29H27N3O4S/c1-19-23(17-24(29(33)34)32-18-20-11-5-2-6-12-20)25(21-13-7-3-8-14-21)27(31)28(26(19)30)37(35,36)22-15-9-4-10-16-22/h2-16H,17-18,30-31H2,1H3,(H,33,34). The van der Waals surface area contributed by atoms with E-state index in [9.17, 15) is 18.3 Å². The lowest BCUT2D eigenvalue weighted by Gasteiger charge is -2.22. The number of carbonyl (C=O) groups is 1. The number of benzene rings is 4. The molecule has 0 aliphatic heterocycles. The molecule has 37 heavy (non-hydrogen) atoms. The summed E-state index contributed by atoms with van der Waals surface area (Å²) in [7, 11) is -4.06. The van der Waals surface area contributed by atoms with Gasteiger partial charge in [-0.3, -0.25) is 4.99 Å². The van der Waals surface area contributed by atoms with Crippen molar-refractivity contribution in [1.29, 1.82) is 0 Å². The Morgan fingerprint density at radius 2 is 1.38 bits per heavy atom. The number of rotatable bonds is 8. The molecule has 0 aromatic heterocycles. The van der Waals surface area contributed by atoms with E-state index >= 15 is 0 Å². The van der Waals surface area contributed by atoms with Crippen LogP contribution in [0.1, 0.15) is 16.7 Å². The number of hydrogen-bond acceptors (Lipinski definition) is 6. The summed E-state index contributed by atoms with van der Waals surface area (Å²) in [5, 5.41) is 9.95.